The van der Waals surface area contributed by atoms with E-state index in [0.29, 0.717) is 11.8 Å². The van der Waals surface area contributed by atoms with Gasteiger partial charge in [-0.15, -0.1) is 0 Å². The fraction of sp³-hybridized carbons (Fsp3) is 0.846. The van der Waals surface area contributed by atoms with Crippen LogP contribution in [0.1, 0.15) is 39.5 Å². The summed E-state index contributed by atoms with van der Waals surface area (Å²) in [5, 5.41) is 8.92. The molecule has 3 heteroatoms. The van der Waals surface area contributed by atoms with E-state index in [2.05, 4.69) is 6.07 Å². The Bertz CT molecular complexity index is 320. The van der Waals surface area contributed by atoms with E-state index in [1.807, 2.05) is 13.8 Å². The molecule has 16 heavy (non-hydrogen) atoms. The number of carbonyl (C=O) groups excluding carboxylic acids is 1. The number of carbonyl (C=O) groups is 1. The van der Waals surface area contributed by atoms with Crippen molar-refractivity contribution in [1.82, 2.24) is 0 Å². The van der Waals surface area contributed by atoms with Gasteiger partial charge in [-0.1, -0.05) is 13.8 Å². The first-order chi connectivity index (χ1) is 7.65. The molecule has 0 aromatic rings. The molecule has 2 saturated carbocycles. The van der Waals surface area contributed by atoms with Crippen molar-refractivity contribution in [3.63, 3.8) is 0 Å². The first-order valence-corrected chi connectivity index (χ1v) is 6.25. The van der Waals surface area contributed by atoms with Crippen molar-refractivity contribution in [2.75, 3.05) is 0 Å². The van der Waals surface area contributed by atoms with Gasteiger partial charge in [-0.3, -0.25) is 4.79 Å². The predicted molar refractivity (Wildman–Crippen MR) is 59.3 cm³/mol. The van der Waals surface area contributed by atoms with E-state index in [9.17, 15) is 4.79 Å². The van der Waals surface area contributed by atoms with Crippen LogP contribution in [0.4, 0.5) is 0 Å². The quantitative estimate of drug-likeness (QED) is 0.688. The highest BCUT2D eigenvalue weighted by atomic mass is 16.5. The van der Waals surface area contributed by atoms with Gasteiger partial charge in [0.25, 0.3) is 0 Å². The Morgan fingerprint density at radius 2 is 2.19 bits per heavy atom. The summed E-state index contributed by atoms with van der Waals surface area (Å²) >= 11 is 0. The number of rotatable bonds is 3. The van der Waals surface area contributed by atoms with Gasteiger partial charge in [-0.2, -0.15) is 5.26 Å². The molecule has 0 aromatic heterocycles. The SMILES string of the molecule is CCC(C)C(=O)OC1CC2CC1CC2C#N. The molecule has 0 aromatic carbocycles. The number of nitriles is 1. The van der Waals surface area contributed by atoms with Crippen LogP contribution in [-0.2, 0) is 9.53 Å². The molecule has 0 heterocycles. The minimum absolute atomic E-state index is 0.00545. The zero-order chi connectivity index (χ0) is 11.7. The molecular formula is C13H19NO2. The second-order valence-electron chi connectivity index (χ2n) is 5.25. The highest BCUT2D eigenvalue weighted by Gasteiger charge is 2.47. The van der Waals surface area contributed by atoms with Gasteiger partial charge in [0.05, 0.1) is 12.0 Å². The van der Waals surface area contributed by atoms with Crippen molar-refractivity contribution in [3.05, 3.63) is 0 Å². The summed E-state index contributed by atoms with van der Waals surface area (Å²) in [4.78, 5) is 11.7. The number of hydrogen-bond acceptors (Lipinski definition) is 3. The van der Waals surface area contributed by atoms with E-state index >= 15 is 0 Å². The third kappa shape index (κ3) is 1.93. The Labute approximate surface area is 96.8 Å². The number of esters is 1. The van der Waals surface area contributed by atoms with E-state index < -0.39 is 0 Å². The van der Waals surface area contributed by atoms with Crippen LogP contribution in [0.3, 0.4) is 0 Å². The van der Waals surface area contributed by atoms with Crippen LogP contribution in [0.25, 0.3) is 0 Å². The van der Waals surface area contributed by atoms with E-state index in [0.717, 1.165) is 25.7 Å². The zero-order valence-electron chi connectivity index (χ0n) is 9.98. The Morgan fingerprint density at radius 1 is 1.44 bits per heavy atom. The lowest BCUT2D eigenvalue weighted by Gasteiger charge is -2.25. The predicted octanol–water partition coefficient (Wildman–Crippen LogP) is 2.51. The van der Waals surface area contributed by atoms with Crippen LogP contribution in [0.5, 0.6) is 0 Å². The lowest BCUT2D eigenvalue weighted by Crippen LogP contribution is -2.29. The first-order valence-electron chi connectivity index (χ1n) is 6.25. The van der Waals surface area contributed by atoms with Gasteiger partial charge in [0.2, 0.25) is 0 Å². The van der Waals surface area contributed by atoms with Crippen molar-refractivity contribution in [2.24, 2.45) is 23.7 Å². The molecule has 0 N–H and O–H groups in total. The number of hydrogen-bond donors (Lipinski definition) is 0. The van der Waals surface area contributed by atoms with Gasteiger partial charge >= 0.3 is 5.97 Å². The summed E-state index contributed by atoms with van der Waals surface area (Å²) in [5.74, 6) is 1.08. The van der Waals surface area contributed by atoms with Crippen molar-refractivity contribution in [2.45, 2.75) is 45.6 Å². The zero-order valence-corrected chi connectivity index (χ0v) is 9.98. The summed E-state index contributed by atoms with van der Waals surface area (Å²) in [7, 11) is 0. The molecule has 3 nitrogen and oxygen atoms in total. The van der Waals surface area contributed by atoms with Gasteiger partial charge in [-0.25, -0.2) is 0 Å². The lowest BCUT2D eigenvalue weighted by molar-refractivity contribution is -0.156. The van der Waals surface area contributed by atoms with Crippen molar-refractivity contribution in [1.29, 1.82) is 5.26 Å². The van der Waals surface area contributed by atoms with E-state index in [1.165, 1.54) is 0 Å². The third-order valence-electron chi connectivity index (χ3n) is 4.24. The summed E-state index contributed by atoms with van der Waals surface area (Å²) in [6.45, 7) is 3.91. The Balaban J connectivity index is 1.87. The number of nitrogens with zero attached hydrogens (tertiary/aromatic N) is 1. The Hall–Kier alpha value is -1.04. The fourth-order valence-corrected chi connectivity index (χ4v) is 2.96. The van der Waals surface area contributed by atoms with Gasteiger partial charge in [-0.05, 0) is 37.5 Å². The molecule has 5 unspecified atom stereocenters. The van der Waals surface area contributed by atoms with Gasteiger partial charge in [0, 0.05) is 5.92 Å². The smallest absolute Gasteiger partial charge is 0.308 e. The fourth-order valence-electron chi connectivity index (χ4n) is 2.96. The maximum Gasteiger partial charge on any atom is 0.308 e. The third-order valence-corrected chi connectivity index (χ3v) is 4.24. The summed E-state index contributed by atoms with van der Waals surface area (Å²) < 4.78 is 5.54. The molecule has 0 amide bonds. The second kappa shape index (κ2) is 4.45. The summed E-state index contributed by atoms with van der Waals surface area (Å²) in [5.41, 5.74) is 0. The molecular weight excluding hydrogens is 202 g/mol. The Morgan fingerprint density at radius 3 is 2.69 bits per heavy atom. The standard InChI is InChI=1S/C13H19NO2/c1-3-8(2)13(15)16-12-6-9-4-10(12)5-11(9)7-14/h8-12H,3-6H2,1-2H3. The van der Waals surface area contributed by atoms with Crippen LogP contribution in [0.2, 0.25) is 0 Å². The maximum absolute atomic E-state index is 11.7. The minimum atomic E-state index is -0.0615. The monoisotopic (exact) mass is 221 g/mol. The minimum Gasteiger partial charge on any atom is -0.462 e. The van der Waals surface area contributed by atoms with E-state index in [-0.39, 0.29) is 23.9 Å². The summed E-state index contributed by atoms with van der Waals surface area (Å²) in [6, 6.07) is 2.36. The average molecular weight is 221 g/mol. The molecule has 5 atom stereocenters. The van der Waals surface area contributed by atoms with E-state index in [1.54, 1.807) is 0 Å². The first kappa shape index (κ1) is 11.4. The van der Waals surface area contributed by atoms with E-state index in [4.69, 9.17) is 10.00 Å². The Kier molecular flexibility index (Phi) is 3.18. The van der Waals surface area contributed by atoms with Crippen LogP contribution >= 0.6 is 0 Å². The normalized spacial score (nSPS) is 38.1. The van der Waals surface area contributed by atoms with Crippen LogP contribution < -0.4 is 0 Å². The lowest BCUT2D eigenvalue weighted by atomic mass is 9.88. The van der Waals surface area contributed by atoms with Crippen LogP contribution in [0.15, 0.2) is 0 Å². The summed E-state index contributed by atoms with van der Waals surface area (Å²) in [6.07, 6.45) is 3.85. The van der Waals surface area contributed by atoms with Gasteiger partial charge in [0.15, 0.2) is 0 Å². The molecule has 0 aliphatic heterocycles. The number of fused-ring (bicyclic) bond motifs is 2. The molecule has 0 radical (unpaired) electrons. The second-order valence-corrected chi connectivity index (χ2v) is 5.25. The van der Waals surface area contributed by atoms with Crippen molar-refractivity contribution < 1.29 is 9.53 Å². The molecule has 0 spiro atoms. The molecule has 0 saturated heterocycles. The van der Waals surface area contributed by atoms with Crippen molar-refractivity contribution >= 4 is 5.97 Å². The number of ether oxygens (including phenoxy) is 1. The van der Waals surface area contributed by atoms with Crippen LogP contribution in [-0.4, -0.2) is 12.1 Å². The maximum atomic E-state index is 11.7. The topological polar surface area (TPSA) is 50.1 Å². The molecule has 88 valence electrons. The molecule has 2 aliphatic rings. The van der Waals surface area contributed by atoms with Crippen LogP contribution in [0, 0.1) is 35.0 Å². The average Bonchev–Trinajstić information content (AvgIpc) is 2.86. The largest absolute Gasteiger partial charge is 0.462 e. The molecule has 2 aliphatic carbocycles. The molecule has 2 rings (SSSR count). The van der Waals surface area contributed by atoms with Gasteiger partial charge < -0.3 is 4.74 Å². The van der Waals surface area contributed by atoms with Crippen molar-refractivity contribution in [3.8, 4) is 6.07 Å². The highest BCUT2D eigenvalue weighted by Crippen LogP contribution is 2.49. The molecule has 2 bridgehead atoms. The van der Waals surface area contributed by atoms with Gasteiger partial charge in [0.1, 0.15) is 6.10 Å². The molecule has 2 fully saturated rings. The highest BCUT2D eigenvalue weighted by molar-refractivity contribution is 5.72.